The maximum Gasteiger partial charge on any atom is 0.338 e. The van der Waals surface area contributed by atoms with Crippen LogP contribution in [0.25, 0.3) is 0 Å². The van der Waals surface area contributed by atoms with Crippen molar-refractivity contribution in [2.45, 2.75) is 88.4 Å². The minimum absolute atomic E-state index is 0.322. The van der Waals surface area contributed by atoms with E-state index < -0.39 is 26.2 Å². The van der Waals surface area contributed by atoms with Crippen molar-refractivity contribution in [3.8, 4) is 0 Å². The first kappa shape index (κ1) is 25.1. The van der Waals surface area contributed by atoms with Gasteiger partial charge in [-0.25, -0.2) is 13.2 Å². The van der Waals surface area contributed by atoms with Crippen molar-refractivity contribution >= 4 is 15.8 Å². The zero-order chi connectivity index (χ0) is 23.1. The second-order valence-electron chi connectivity index (χ2n) is 9.29. The highest BCUT2D eigenvalue weighted by atomic mass is 32.2. The summed E-state index contributed by atoms with van der Waals surface area (Å²) in [5.41, 5.74) is 0.527. The Morgan fingerprint density at radius 2 is 1.42 bits per heavy atom. The molecule has 2 rings (SSSR count). The molecular weight excluding hydrogens is 408 g/mol. The fourth-order valence-corrected chi connectivity index (χ4v) is 5.55. The molecule has 0 aliphatic rings. The summed E-state index contributed by atoms with van der Waals surface area (Å²) in [6.45, 7) is 9.43. The lowest BCUT2D eigenvalue weighted by atomic mass is 9.93. The summed E-state index contributed by atoms with van der Waals surface area (Å²) >= 11 is 0. The SMILES string of the molecule is CCCCCCCC(C)(c1ccc(C(=O)OC(C)(C)C)cc1)S(=O)(=O)c1ccccc1. The van der Waals surface area contributed by atoms with Gasteiger partial charge in [0.05, 0.1) is 15.2 Å². The predicted molar refractivity (Wildman–Crippen MR) is 126 cm³/mol. The lowest BCUT2D eigenvalue weighted by Crippen LogP contribution is -2.33. The Kier molecular flexibility index (Phi) is 8.47. The molecule has 31 heavy (non-hydrogen) atoms. The second-order valence-corrected chi connectivity index (χ2v) is 11.7. The zero-order valence-corrected chi connectivity index (χ0v) is 20.3. The van der Waals surface area contributed by atoms with Gasteiger partial charge in [0.15, 0.2) is 9.84 Å². The summed E-state index contributed by atoms with van der Waals surface area (Å²) in [6, 6.07) is 15.5. The van der Waals surface area contributed by atoms with Gasteiger partial charge in [0.25, 0.3) is 0 Å². The van der Waals surface area contributed by atoms with Crippen molar-refractivity contribution in [2.75, 3.05) is 0 Å². The number of hydrogen-bond donors (Lipinski definition) is 0. The van der Waals surface area contributed by atoms with Gasteiger partial charge in [-0.05, 0) is 63.9 Å². The number of hydrogen-bond acceptors (Lipinski definition) is 4. The van der Waals surface area contributed by atoms with Crippen LogP contribution in [0.2, 0.25) is 0 Å². The predicted octanol–water partition coefficient (Wildman–Crippen LogP) is 6.69. The van der Waals surface area contributed by atoms with Crippen molar-refractivity contribution in [3.63, 3.8) is 0 Å². The van der Waals surface area contributed by atoms with Crippen LogP contribution in [-0.2, 0) is 19.3 Å². The minimum Gasteiger partial charge on any atom is -0.456 e. The van der Waals surface area contributed by atoms with Crippen LogP contribution in [0.1, 0.15) is 89.1 Å². The smallest absolute Gasteiger partial charge is 0.338 e. The van der Waals surface area contributed by atoms with Crippen molar-refractivity contribution in [3.05, 3.63) is 65.7 Å². The average molecular weight is 445 g/mol. The third kappa shape index (κ3) is 6.42. The van der Waals surface area contributed by atoms with Gasteiger partial charge in [0, 0.05) is 0 Å². The fourth-order valence-electron chi connectivity index (χ4n) is 3.66. The van der Waals surface area contributed by atoms with Crippen LogP contribution in [0.15, 0.2) is 59.5 Å². The number of carbonyl (C=O) groups is 1. The molecule has 5 heteroatoms. The van der Waals surface area contributed by atoms with Gasteiger partial charge in [-0.2, -0.15) is 0 Å². The first-order valence-electron chi connectivity index (χ1n) is 11.1. The molecular formula is C26H36O4S. The van der Waals surface area contributed by atoms with Crippen molar-refractivity contribution < 1.29 is 17.9 Å². The summed E-state index contributed by atoms with van der Waals surface area (Å²) in [5.74, 6) is -0.411. The van der Waals surface area contributed by atoms with E-state index in [2.05, 4.69) is 6.92 Å². The Balaban J connectivity index is 2.37. The second kappa shape index (κ2) is 10.4. The lowest BCUT2D eigenvalue weighted by molar-refractivity contribution is 0.00695. The van der Waals surface area contributed by atoms with Gasteiger partial charge in [0.1, 0.15) is 5.60 Å². The molecule has 0 aliphatic carbocycles. The van der Waals surface area contributed by atoms with Crippen molar-refractivity contribution in [1.29, 1.82) is 0 Å². The topological polar surface area (TPSA) is 60.4 Å². The molecule has 0 bridgehead atoms. The number of ether oxygens (including phenoxy) is 1. The van der Waals surface area contributed by atoms with Crippen LogP contribution in [0.4, 0.5) is 0 Å². The molecule has 0 radical (unpaired) electrons. The summed E-state index contributed by atoms with van der Waals surface area (Å²) in [6.07, 6.45) is 5.77. The molecule has 4 nitrogen and oxygen atoms in total. The number of esters is 1. The molecule has 0 fully saturated rings. The number of carbonyl (C=O) groups excluding carboxylic acids is 1. The third-order valence-electron chi connectivity index (χ3n) is 5.53. The molecule has 2 aromatic rings. The standard InChI is InChI=1S/C26H36O4S/c1-6-7-8-9-13-20-26(5,31(28,29)23-14-11-10-12-15-23)22-18-16-21(17-19-22)24(27)30-25(2,3)4/h10-12,14-19H,6-9,13,20H2,1-5H3. The van der Waals surface area contributed by atoms with E-state index in [1.165, 1.54) is 0 Å². The summed E-state index contributed by atoms with van der Waals surface area (Å²) in [7, 11) is -3.62. The number of rotatable bonds is 10. The largest absolute Gasteiger partial charge is 0.456 e. The maximum absolute atomic E-state index is 13.7. The summed E-state index contributed by atoms with van der Waals surface area (Å²) in [5, 5.41) is 0. The van der Waals surface area contributed by atoms with E-state index in [-0.39, 0.29) is 0 Å². The van der Waals surface area contributed by atoms with Crippen molar-refractivity contribution in [2.24, 2.45) is 0 Å². The Morgan fingerprint density at radius 1 is 0.839 bits per heavy atom. The molecule has 170 valence electrons. The normalized spacial score (nSPS) is 14.1. The number of benzene rings is 2. The quantitative estimate of drug-likeness (QED) is 0.302. The van der Waals surface area contributed by atoms with Crippen molar-refractivity contribution in [1.82, 2.24) is 0 Å². The zero-order valence-electron chi connectivity index (χ0n) is 19.5. The van der Waals surface area contributed by atoms with Gasteiger partial charge in [-0.15, -0.1) is 0 Å². The van der Waals surface area contributed by atoms with Crippen LogP contribution >= 0.6 is 0 Å². The highest BCUT2D eigenvalue weighted by Crippen LogP contribution is 2.40. The lowest BCUT2D eigenvalue weighted by Gasteiger charge is -2.30. The molecule has 1 unspecified atom stereocenters. The van der Waals surface area contributed by atoms with E-state index in [1.807, 2.05) is 26.8 Å². The molecule has 0 heterocycles. The van der Waals surface area contributed by atoms with Crippen LogP contribution in [-0.4, -0.2) is 20.0 Å². The molecule has 0 N–H and O–H groups in total. The third-order valence-corrected chi connectivity index (χ3v) is 8.05. The van der Waals surface area contributed by atoms with Gasteiger partial charge in [0.2, 0.25) is 0 Å². The van der Waals surface area contributed by atoms with E-state index >= 15 is 0 Å². The fraction of sp³-hybridized carbons (Fsp3) is 0.500. The molecule has 0 aliphatic heterocycles. The monoisotopic (exact) mass is 444 g/mol. The van der Waals surface area contributed by atoms with E-state index in [0.717, 1.165) is 32.1 Å². The van der Waals surface area contributed by atoms with Crippen LogP contribution in [0.3, 0.4) is 0 Å². The summed E-state index contributed by atoms with van der Waals surface area (Å²) in [4.78, 5) is 12.7. The van der Waals surface area contributed by atoms with E-state index in [4.69, 9.17) is 4.74 Å². The Labute approximate surface area is 187 Å². The van der Waals surface area contributed by atoms with Gasteiger partial charge in [-0.3, -0.25) is 0 Å². The molecule has 2 aromatic carbocycles. The Bertz CT molecular complexity index is 941. The van der Waals surface area contributed by atoms with Gasteiger partial charge >= 0.3 is 5.97 Å². The molecule has 0 amide bonds. The highest BCUT2D eigenvalue weighted by Gasteiger charge is 2.41. The van der Waals surface area contributed by atoms with E-state index in [1.54, 1.807) is 55.5 Å². The first-order chi connectivity index (χ1) is 14.5. The molecule has 0 saturated heterocycles. The van der Waals surface area contributed by atoms with Crippen LogP contribution in [0.5, 0.6) is 0 Å². The van der Waals surface area contributed by atoms with Crippen LogP contribution < -0.4 is 0 Å². The van der Waals surface area contributed by atoms with Gasteiger partial charge < -0.3 is 4.74 Å². The summed E-state index contributed by atoms with van der Waals surface area (Å²) < 4.78 is 31.7. The molecule has 0 saturated carbocycles. The van der Waals surface area contributed by atoms with Gasteiger partial charge in [-0.1, -0.05) is 69.4 Å². The average Bonchev–Trinajstić information content (AvgIpc) is 2.73. The van der Waals surface area contributed by atoms with E-state index in [9.17, 15) is 13.2 Å². The first-order valence-corrected chi connectivity index (χ1v) is 12.6. The minimum atomic E-state index is -3.62. The van der Waals surface area contributed by atoms with E-state index in [0.29, 0.717) is 22.4 Å². The highest BCUT2D eigenvalue weighted by molar-refractivity contribution is 7.92. The number of unbranched alkanes of at least 4 members (excludes halogenated alkanes) is 4. The Hall–Kier alpha value is -2.14. The molecule has 1 atom stereocenters. The molecule has 0 spiro atoms. The van der Waals surface area contributed by atoms with Crippen LogP contribution in [0, 0.1) is 0 Å². The molecule has 0 aromatic heterocycles. The maximum atomic E-state index is 13.7. The Morgan fingerprint density at radius 3 is 1.97 bits per heavy atom. The number of sulfone groups is 1.